The van der Waals surface area contributed by atoms with Crippen molar-refractivity contribution >= 4 is 21.8 Å². The van der Waals surface area contributed by atoms with Gasteiger partial charge in [-0.1, -0.05) is 0 Å². The van der Waals surface area contributed by atoms with Crippen LogP contribution in [0.25, 0.3) is 0 Å². The van der Waals surface area contributed by atoms with Crippen molar-refractivity contribution in [3.63, 3.8) is 0 Å². The van der Waals surface area contributed by atoms with Crippen molar-refractivity contribution in [3.8, 4) is 0 Å². The highest BCUT2D eigenvalue weighted by Crippen LogP contribution is 2.31. The molecule has 3 N–H and O–H groups in total. The van der Waals surface area contributed by atoms with E-state index in [4.69, 9.17) is 0 Å². The van der Waals surface area contributed by atoms with Crippen LogP contribution in [0.1, 0.15) is 27.1 Å². The molecule has 136 valence electrons. The lowest BCUT2D eigenvalue weighted by Crippen LogP contribution is -2.21. The van der Waals surface area contributed by atoms with Crippen molar-refractivity contribution in [1.29, 1.82) is 0 Å². The van der Waals surface area contributed by atoms with Crippen LogP contribution in [0, 0.1) is 0 Å². The SMILES string of the molecule is COC(=O)c1cc(C(Nc2ccc(C(F)(F)F)cc2)S(=O)(=O)O)n[nH]1. The third kappa shape index (κ3) is 4.48. The zero-order chi connectivity index (χ0) is 18.8. The van der Waals surface area contributed by atoms with E-state index in [-0.39, 0.29) is 17.1 Å². The van der Waals surface area contributed by atoms with Gasteiger partial charge in [-0.15, -0.1) is 0 Å². The van der Waals surface area contributed by atoms with Crippen LogP contribution in [0.4, 0.5) is 18.9 Å². The van der Waals surface area contributed by atoms with Gasteiger partial charge in [0.2, 0.25) is 0 Å². The molecule has 0 aliphatic heterocycles. The number of nitrogens with zero attached hydrogens (tertiary/aromatic N) is 1. The summed E-state index contributed by atoms with van der Waals surface area (Å²) in [5, 5.41) is 6.37. The predicted octanol–water partition coefficient (Wildman–Crippen LogP) is 2.21. The van der Waals surface area contributed by atoms with E-state index in [0.717, 1.165) is 37.4 Å². The number of esters is 1. The molecule has 0 aliphatic carbocycles. The van der Waals surface area contributed by atoms with Crippen LogP contribution in [-0.4, -0.2) is 36.2 Å². The van der Waals surface area contributed by atoms with Crippen LogP contribution < -0.4 is 5.32 Å². The lowest BCUT2D eigenvalue weighted by atomic mass is 10.2. The van der Waals surface area contributed by atoms with Gasteiger partial charge in [-0.05, 0) is 30.3 Å². The monoisotopic (exact) mass is 379 g/mol. The zero-order valence-electron chi connectivity index (χ0n) is 12.5. The van der Waals surface area contributed by atoms with Gasteiger partial charge < -0.3 is 10.1 Å². The number of hydrogen-bond acceptors (Lipinski definition) is 6. The second-order valence-corrected chi connectivity index (χ2v) is 6.31. The summed E-state index contributed by atoms with van der Waals surface area (Å²) in [4.78, 5) is 11.4. The van der Waals surface area contributed by atoms with E-state index in [1.165, 1.54) is 0 Å². The molecule has 1 heterocycles. The van der Waals surface area contributed by atoms with Gasteiger partial charge in [-0.3, -0.25) is 9.65 Å². The van der Waals surface area contributed by atoms with Crippen LogP contribution >= 0.6 is 0 Å². The fourth-order valence-corrected chi connectivity index (χ4v) is 2.60. The number of carbonyl (C=O) groups excluding carboxylic acids is 1. The van der Waals surface area contributed by atoms with Crippen molar-refractivity contribution in [1.82, 2.24) is 10.2 Å². The van der Waals surface area contributed by atoms with E-state index in [2.05, 4.69) is 20.3 Å². The van der Waals surface area contributed by atoms with Crippen LogP contribution in [0.5, 0.6) is 0 Å². The first-order valence-corrected chi connectivity index (χ1v) is 8.06. The van der Waals surface area contributed by atoms with Gasteiger partial charge >= 0.3 is 12.1 Å². The molecule has 1 aromatic heterocycles. The van der Waals surface area contributed by atoms with Crippen LogP contribution in [0.2, 0.25) is 0 Å². The van der Waals surface area contributed by atoms with Gasteiger partial charge in [0, 0.05) is 5.69 Å². The van der Waals surface area contributed by atoms with Gasteiger partial charge in [-0.25, -0.2) is 4.79 Å². The fraction of sp³-hybridized carbons (Fsp3) is 0.231. The largest absolute Gasteiger partial charge is 0.464 e. The highest BCUT2D eigenvalue weighted by Gasteiger charge is 2.31. The Balaban J connectivity index is 2.31. The summed E-state index contributed by atoms with van der Waals surface area (Å²) in [5.41, 5.74) is -1.38. The average Bonchev–Trinajstić information content (AvgIpc) is 2.99. The Morgan fingerprint density at radius 2 is 1.92 bits per heavy atom. The number of methoxy groups -OCH3 is 1. The van der Waals surface area contributed by atoms with Crippen molar-refractivity contribution in [2.45, 2.75) is 11.6 Å². The molecule has 1 atom stereocenters. The number of nitrogens with one attached hydrogen (secondary N) is 2. The number of ether oxygens (including phenoxy) is 1. The Morgan fingerprint density at radius 1 is 1.32 bits per heavy atom. The lowest BCUT2D eigenvalue weighted by molar-refractivity contribution is -0.137. The molecule has 0 saturated carbocycles. The first kappa shape index (κ1) is 18.7. The number of aromatic nitrogens is 2. The molecular formula is C13H12F3N3O5S. The number of halogens is 3. The van der Waals surface area contributed by atoms with E-state index in [9.17, 15) is 30.9 Å². The van der Waals surface area contributed by atoms with E-state index in [1.54, 1.807) is 0 Å². The molecule has 25 heavy (non-hydrogen) atoms. The number of rotatable bonds is 5. The molecule has 0 fully saturated rings. The standard InChI is InChI=1S/C13H12F3N3O5S/c1-24-12(20)10-6-9(18-19-10)11(25(21,22)23)17-8-4-2-7(3-5-8)13(14,15)16/h2-6,11,17H,1H3,(H,18,19)(H,21,22,23). The van der Waals surface area contributed by atoms with Crippen molar-refractivity contribution in [3.05, 3.63) is 47.3 Å². The second kappa shape index (κ2) is 6.72. The number of aromatic amines is 1. The highest BCUT2D eigenvalue weighted by atomic mass is 32.2. The molecule has 8 nitrogen and oxygen atoms in total. The Kier molecular flexibility index (Phi) is 5.04. The third-order valence-corrected chi connectivity index (χ3v) is 4.03. The maximum Gasteiger partial charge on any atom is 0.416 e. The summed E-state index contributed by atoms with van der Waals surface area (Å²) >= 11 is 0. The zero-order valence-corrected chi connectivity index (χ0v) is 13.4. The van der Waals surface area contributed by atoms with E-state index in [0.29, 0.717) is 0 Å². The topological polar surface area (TPSA) is 121 Å². The number of H-pyrrole nitrogens is 1. The van der Waals surface area contributed by atoms with Crippen LogP contribution in [-0.2, 0) is 21.0 Å². The summed E-state index contributed by atoms with van der Waals surface area (Å²) in [7, 11) is -3.64. The van der Waals surface area contributed by atoms with Crippen LogP contribution in [0.15, 0.2) is 30.3 Å². The minimum Gasteiger partial charge on any atom is -0.464 e. The summed E-state index contributed by atoms with van der Waals surface area (Å²) in [6.07, 6.45) is -4.54. The van der Waals surface area contributed by atoms with E-state index in [1.807, 2.05) is 0 Å². The Bertz CT molecular complexity index is 862. The first-order valence-electron chi connectivity index (χ1n) is 6.56. The lowest BCUT2D eigenvalue weighted by Gasteiger charge is -2.15. The molecule has 0 amide bonds. The minimum atomic E-state index is -4.74. The summed E-state index contributed by atoms with van der Waals surface area (Å²) in [5.74, 6) is -0.817. The quantitative estimate of drug-likeness (QED) is 0.538. The van der Waals surface area contributed by atoms with Gasteiger partial charge in [0.15, 0.2) is 5.37 Å². The predicted molar refractivity (Wildman–Crippen MR) is 79.3 cm³/mol. The summed E-state index contributed by atoms with van der Waals surface area (Å²) in [6, 6.07) is 4.51. The molecule has 0 bridgehead atoms. The molecule has 12 heteroatoms. The molecular weight excluding hydrogens is 367 g/mol. The number of benzene rings is 1. The number of alkyl halides is 3. The average molecular weight is 379 g/mol. The Labute approximate surface area is 139 Å². The van der Waals surface area contributed by atoms with E-state index >= 15 is 0 Å². The fourth-order valence-electron chi connectivity index (χ4n) is 1.89. The molecule has 0 aliphatic rings. The number of carbonyl (C=O) groups is 1. The molecule has 0 spiro atoms. The Morgan fingerprint density at radius 3 is 2.40 bits per heavy atom. The van der Waals surface area contributed by atoms with Gasteiger partial charge in [-0.2, -0.15) is 26.7 Å². The molecule has 1 aromatic carbocycles. The van der Waals surface area contributed by atoms with Crippen molar-refractivity contribution in [2.75, 3.05) is 12.4 Å². The molecule has 0 saturated heterocycles. The smallest absolute Gasteiger partial charge is 0.416 e. The Hall–Kier alpha value is -2.60. The molecule has 0 radical (unpaired) electrons. The first-order chi connectivity index (χ1) is 11.5. The van der Waals surface area contributed by atoms with Crippen LogP contribution in [0.3, 0.4) is 0 Å². The number of hydrogen-bond donors (Lipinski definition) is 3. The highest BCUT2D eigenvalue weighted by molar-refractivity contribution is 7.86. The van der Waals surface area contributed by atoms with Gasteiger partial charge in [0.25, 0.3) is 10.1 Å². The number of anilines is 1. The van der Waals surface area contributed by atoms with Crippen molar-refractivity contribution in [2.24, 2.45) is 0 Å². The summed E-state index contributed by atoms with van der Waals surface area (Å²) in [6.45, 7) is 0. The van der Waals surface area contributed by atoms with Gasteiger partial charge in [0.1, 0.15) is 11.4 Å². The minimum absolute atomic E-state index is 0.0155. The maximum absolute atomic E-state index is 12.5. The molecule has 1 unspecified atom stereocenters. The summed E-state index contributed by atoms with van der Waals surface area (Å²) < 4.78 is 74.5. The van der Waals surface area contributed by atoms with Gasteiger partial charge in [0.05, 0.1) is 12.7 Å². The normalized spacial score (nSPS) is 13.3. The second-order valence-electron chi connectivity index (χ2n) is 4.81. The van der Waals surface area contributed by atoms with Crippen molar-refractivity contribution < 1.29 is 35.7 Å². The molecule has 2 aromatic rings. The van der Waals surface area contributed by atoms with E-state index < -0.39 is 33.2 Å². The third-order valence-electron chi connectivity index (χ3n) is 3.08. The molecule has 2 rings (SSSR count). The maximum atomic E-state index is 12.5.